The number of aromatic nitrogens is 1. The molecule has 0 saturated heterocycles. The number of ether oxygens (including phenoxy) is 1. The quantitative estimate of drug-likeness (QED) is 0.793. The van der Waals surface area contributed by atoms with Crippen LogP contribution in [0.25, 0.3) is 11.1 Å². The molecule has 0 aliphatic carbocycles. The number of oxazole rings is 1. The Hall–Kier alpha value is -2.57. The van der Waals surface area contributed by atoms with Gasteiger partial charge < -0.3 is 14.5 Å². The number of carbonyl (C=O) groups excluding carboxylic acids is 2. The Bertz CT molecular complexity index is 685. The van der Waals surface area contributed by atoms with Gasteiger partial charge in [0.2, 0.25) is 0 Å². The molecule has 1 N–H and O–H groups in total. The van der Waals surface area contributed by atoms with Crippen molar-refractivity contribution in [2.75, 3.05) is 13.7 Å². The van der Waals surface area contributed by atoms with E-state index in [0.29, 0.717) is 11.1 Å². The van der Waals surface area contributed by atoms with Gasteiger partial charge in [0, 0.05) is 13.6 Å². The highest BCUT2D eigenvalue weighted by molar-refractivity contribution is 5.80. The predicted octanol–water partition coefficient (Wildman–Crippen LogP) is 0.274. The SMILES string of the molecule is CNC(=O)COC(=O)CCn1c(=O)oc2ccccc21. The van der Waals surface area contributed by atoms with E-state index in [1.807, 2.05) is 0 Å². The lowest BCUT2D eigenvalue weighted by Crippen LogP contribution is -2.25. The van der Waals surface area contributed by atoms with Crippen molar-refractivity contribution in [2.45, 2.75) is 13.0 Å². The number of carbonyl (C=O) groups is 2. The number of esters is 1. The predicted molar refractivity (Wildman–Crippen MR) is 70.1 cm³/mol. The molecule has 20 heavy (non-hydrogen) atoms. The van der Waals surface area contributed by atoms with Gasteiger partial charge >= 0.3 is 11.7 Å². The molecule has 0 fully saturated rings. The first-order valence-electron chi connectivity index (χ1n) is 6.06. The molecule has 0 saturated carbocycles. The number of nitrogens with one attached hydrogen (secondary N) is 1. The molecule has 0 spiro atoms. The molecule has 2 rings (SSSR count). The van der Waals surface area contributed by atoms with E-state index in [4.69, 9.17) is 9.15 Å². The van der Waals surface area contributed by atoms with Gasteiger partial charge in [-0.1, -0.05) is 12.1 Å². The number of likely N-dealkylation sites (N-methyl/N-ethyl adjacent to an activating group) is 1. The Kier molecular flexibility index (Phi) is 4.19. The van der Waals surface area contributed by atoms with Crippen LogP contribution in [0.2, 0.25) is 0 Å². The van der Waals surface area contributed by atoms with Crippen LogP contribution in [-0.4, -0.2) is 30.1 Å². The molecule has 0 unspecified atom stereocenters. The summed E-state index contributed by atoms with van der Waals surface area (Å²) in [4.78, 5) is 34.0. The summed E-state index contributed by atoms with van der Waals surface area (Å²) in [7, 11) is 1.45. The fourth-order valence-electron chi connectivity index (χ4n) is 1.72. The highest BCUT2D eigenvalue weighted by Gasteiger charge is 2.11. The molecule has 1 aromatic carbocycles. The van der Waals surface area contributed by atoms with Crippen molar-refractivity contribution in [3.8, 4) is 0 Å². The summed E-state index contributed by atoms with van der Waals surface area (Å²) in [6.07, 6.45) is -0.0135. The van der Waals surface area contributed by atoms with Crippen LogP contribution in [0.5, 0.6) is 0 Å². The van der Waals surface area contributed by atoms with Crippen molar-refractivity contribution in [2.24, 2.45) is 0 Å². The molecule has 7 heteroatoms. The molecular formula is C13H14N2O5. The Morgan fingerprint density at radius 1 is 1.35 bits per heavy atom. The molecule has 1 aromatic heterocycles. The maximum absolute atomic E-state index is 11.6. The van der Waals surface area contributed by atoms with E-state index in [2.05, 4.69) is 5.32 Å². The standard InChI is InChI=1S/C13H14N2O5/c1-14-11(16)8-19-12(17)6-7-15-9-4-2-3-5-10(9)20-13(15)18/h2-5H,6-8H2,1H3,(H,14,16). The van der Waals surface area contributed by atoms with Gasteiger partial charge in [0.25, 0.3) is 5.91 Å². The van der Waals surface area contributed by atoms with Gasteiger partial charge in [-0.25, -0.2) is 4.79 Å². The van der Waals surface area contributed by atoms with E-state index in [1.165, 1.54) is 11.6 Å². The zero-order chi connectivity index (χ0) is 14.5. The Morgan fingerprint density at radius 2 is 2.10 bits per heavy atom. The van der Waals surface area contributed by atoms with Crippen LogP contribution >= 0.6 is 0 Å². The first-order chi connectivity index (χ1) is 9.61. The minimum atomic E-state index is -0.550. The second-order valence-corrected chi connectivity index (χ2v) is 4.07. The minimum absolute atomic E-state index is 0.0135. The Labute approximate surface area is 114 Å². The van der Waals surface area contributed by atoms with Crippen molar-refractivity contribution in [3.63, 3.8) is 0 Å². The fourth-order valence-corrected chi connectivity index (χ4v) is 1.72. The lowest BCUT2D eigenvalue weighted by atomic mass is 10.3. The molecule has 0 bridgehead atoms. The number of nitrogens with zero attached hydrogens (tertiary/aromatic N) is 1. The van der Waals surface area contributed by atoms with Gasteiger partial charge in [-0.05, 0) is 12.1 Å². The lowest BCUT2D eigenvalue weighted by molar-refractivity contribution is -0.148. The van der Waals surface area contributed by atoms with E-state index in [-0.39, 0.29) is 25.5 Å². The lowest BCUT2D eigenvalue weighted by Gasteiger charge is -2.04. The average molecular weight is 278 g/mol. The number of fused-ring (bicyclic) bond motifs is 1. The van der Waals surface area contributed by atoms with Crippen LogP contribution in [-0.2, 0) is 20.9 Å². The number of aryl methyl sites for hydroxylation is 1. The van der Waals surface area contributed by atoms with Gasteiger partial charge in [0.1, 0.15) is 0 Å². The number of hydrogen-bond acceptors (Lipinski definition) is 5. The van der Waals surface area contributed by atoms with Gasteiger partial charge in [-0.2, -0.15) is 0 Å². The van der Waals surface area contributed by atoms with E-state index in [0.717, 1.165) is 0 Å². The molecule has 1 amide bonds. The molecule has 1 heterocycles. The van der Waals surface area contributed by atoms with Gasteiger partial charge in [-0.15, -0.1) is 0 Å². The normalized spacial score (nSPS) is 10.4. The zero-order valence-corrected chi connectivity index (χ0v) is 10.9. The molecule has 106 valence electrons. The smallest absolute Gasteiger partial charge is 0.419 e. The van der Waals surface area contributed by atoms with Crippen molar-refractivity contribution < 1.29 is 18.7 Å². The fraction of sp³-hybridized carbons (Fsp3) is 0.308. The third-order valence-corrected chi connectivity index (χ3v) is 2.76. The van der Waals surface area contributed by atoms with Crippen molar-refractivity contribution in [1.82, 2.24) is 9.88 Å². The first kappa shape index (κ1) is 13.9. The molecule has 0 aliphatic rings. The third-order valence-electron chi connectivity index (χ3n) is 2.76. The van der Waals surface area contributed by atoms with Crippen molar-refractivity contribution in [1.29, 1.82) is 0 Å². The Morgan fingerprint density at radius 3 is 2.85 bits per heavy atom. The number of rotatable bonds is 5. The van der Waals surface area contributed by atoms with Gasteiger partial charge in [0.05, 0.1) is 11.9 Å². The summed E-state index contributed by atoms with van der Waals surface area (Å²) in [5.41, 5.74) is 1.09. The minimum Gasteiger partial charge on any atom is -0.456 e. The molecule has 7 nitrogen and oxygen atoms in total. The van der Waals surface area contributed by atoms with Crippen LogP contribution < -0.4 is 11.1 Å². The van der Waals surface area contributed by atoms with Crippen molar-refractivity contribution >= 4 is 23.0 Å². The zero-order valence-electron chi connectivity index (χ0n) is 10.9. The number of hydrogen-bond donors (Lipinski definition) is 1. The summed E-state index contributed by atoms with van der Waals surface area (Å²) < 4.78 is 11.1. The van der Waals surface area contributed by atoms with Crippen LogP contribution in [0.1, 0.15) is 6.42 Å². The maximum atomic E-state index is 11.6. The van der Waals surface area contributed by atoms with Crippen LogP contribution in [0.4, 0.5) is 0 Å². The highest BCUT2D eigenvalue weighted by Crippen LogP contribution is 2.12. The van der Waals surface area contributed by atoms with Crippen LogP contribution in [0, 0.1) is 0 Å². The molecule has 2 aromatic rings. The van der Waals surface area contributed by atoms with Gasteiger partial charge in [-0.3, -0.25) is 14.2 Å². The molecule has 0 aliphatic heterocycles. The van der Waals surface area contributed by atoms with Crippen molar-refractivity contribution in [3.05, 3.63) is 34.8 Å². The second-order valence-electron chi connectivity index (χ2n) is 4.07. The van der Waals surface area contributed by atoms with E-state index >= 15 is 0 Å². The topological polar surface area (TPSA) is 90.5 Å². The summed E-state index contributed by atoms with van der Waals surface area (Å²) in [6, 6.07) is 6.94. The summed E-state index contributed by atoms with van der Waals surface area (Å²) >= 11 is 0. The van der Waals surface area contributed by atoms with E-state index in [1.54, 1.807) is 24.3 Å². The summed E-state index contributed by atoms with van der Waals surface area (Å²) in [5, 5.41) is 2.34. The average Bonchev–Trinajstić information content (AvgIpc) is 2.78. The molecule has 0 radical (unpaired) electrons. The van der Waals surface area contributed by atoms with Crippen LogP contribution in [0.15, 0.2) is 33.5 Å². The molecular weight excluding hydrogens is 264 g/mol. The number of para-hydroxylation sites is 2. The van der Waals surface area contributed by atoms with Crippen LogP contribution in [0.3, 0.4) is 0 Å². The molecule has 0 atom stereocenters. The van der Waals surface area contributed by atoms with Gasteiger partial charge in [0.15, 0.2) is 12.2 Å². The second kappa shape index (κ2) is 6.05. The monoisotopic (exact) mass is 278 g/mol. The number of benzene rings is 1. The Balaban J connectivity index is 1.99. The maximum Gasteiger partial charge on any atom is 0.419 e. The number of amides is 1. The first-order valence-corrected chi connectivity index (χ1v) is 6.06. The summed E-state index contributed by atoms with van der Waals surface area (Å²) in [6.45, 7) is -0.182. The third kappa shape index (κ3) is 3.05. The largest absolute Gasteiger partial charge is 0.456 e. The summed E-state index contributed by atoms with van der Waals surface area (Å²) in [5.74, 6) is -1.46. The van der Waals surface area contributed by atoms with E-state index < -0.39 is 11.7 Å². The van der Waals surface area contributed by atoms with E-state index in [9.17, 15) is 14.4 Å². The highest BCUT2D eigenvalue weighted by atomic mass is 16.5.